The Morgan fingerprint density at radius 1 is 1.33 bits per heavy atom. The molecule has 1 aromatic carbocycles. The second-order valence-corrected chi connectivity index (χ2v) is 4.44. The van der Waals surface area contributed by atoms with E-state index in [2.05, 4.69) is 10.3 Å². The molecule has 1 N–H and O–H groups in total. The van der Waals surface area contributed by atoms with Crippen LogP contribution < -0.4 is 5.32 Å². The van der Waals surface area contributed by atoms with Crippen LogP contribution in [0.5, 0.6) is 0 Å². The molecule has 1 atom stereocenters. The monoisotopic (exact) mass is 243 g/mol. The van der Waals surface area contributed by atoms with Crippen LogP contribution in [0.2, 0.25) is 0 Å². The topological polar surface area (TPSA) is 46.9 Å². The van der Waals surface area contributed by atoms with Gasteiger partial charge in [-0.25, -0.2) is 4.98 Å². The van der Waals surface area contributed by atoms with E-state index in [1.54, 1.807) is 6.20 Å². The molecule has 4 nitrogen and oxygen atoms in total. The lowest BCUT2D eigenvalue weighted by Gasteiger charge is -2.18. The highest BCUT2D eigenvalue weighted by molar-refractivity contribution is 5.73. The Morgan fingerprint density at radius 2 is 2.00 bits per heavy atom. The number of nitrogens with one attached hydrogen (secondary N) is 1. The number of nitrogens with zero attached hydrogens (tertiary/aromatic N) is 2. The largest absolute Gasteiger partial charge is 0.342 e. The van der Waals surface area contributed by atoms with E-state index in [1.807, 2.05) is 49.0 Å². The predicted octanol–water partition coefficient (Wildman–Crippen LogP) is 1.95. The maximum absolute atomic E-state index is 11.4. The fourth-order valence-electron chi connectivity index (χ4n) is 1.91. The lowest BCUT2D eigenvalue weighted by Crippen LogP contribution is -2.29. The van der Waals surface area contributed by atoms with E-state index < -0.39 is 0 Å². The smallest absolute Gasteiger partial charge is 0.217 e. The molecule has 4 heteroatoms. The Labute approximate surface area is 107 Å². The highest BCUT2D eigenvalue weighted by atomic mass is 16.1. The first-order valence-electron chi connectivity index (χ1n) is 5.89. The van der Waals surface area contributed by atoms with Gasteiger partial charge in [0.25, 0.3) is 0 Å². The highest BCUT2D eigenvalue weighted by Crippen LogP contribution is 2.20. The van der Waals surface area contributed by atoms with Crippen LogP contribution in [-0.4, -0.2) is 15.5 Å². The maximum Gasteiger partial charge on any atom is 0.217 e. The zero-order valence-corrected chi connectivity index (χ0v) is 10.8. The van der Waals surface area contributed by atoms with Crippen LogP contribution in [0.25, 0.3) is 0 Å². The fourth-order valence-corrected chi connectivity index (χ4v) is 1.91. The molecule has 1 amide bonds. The summed E-state index contributed by atoms with van der Waals surface area (Å²) in [5.41, 5.74) is 2.23. The van der Waals surface area contributed by atoms with Gasteiger partial charge in [-0.15, -0.1) is 0 Å². The molecule has 0 radical (unpaired) electrons. The van der Waals surface area contributed by atoms with Crippen molar-refractivity contribution >= 4 is 5.91 Å². The van der Waals surface area contributed by atoms with Gasteiger partial charge in [0.15, 0.2) is 0 Å². The molecule has 0 spiro atoms. The molecule has 94 valence electrons. The quantitative estimate of drug-likeness (QED) is 0.895. The molecule has 1 heterocycles. The van der Waals surface area contributed by atoms with Crippen molar-refractivity contribution in [2.24, 2.45) is 7.05 Å². The van der Waals surface area contributed by atoms with Gasteiger partial charge in [0.05, 0.1) is 0 Å². The SMILES string of the molecule is CC(=O)NC(c1ccc(C)cc1)c1nccn1C. The van der Waals surface area contributed by atoms with Crippen LogP contribution in [0.3, 0.4) is 0 Å². The van der Waals surface area contributed by atoms with Crippen LogP contribution in [0.15, 0.2) is 36.7 Å². The molecule has 0 aliphatic rings. The van der Waals surface area contributed by atoms with Crippen LogP contribution >= 0.6 is 0 Å². The third-order valence-corrected chi connectivity index (χ3v) is 2.87. The van der Waals surface area contributed by atoms with Crippen LogP contribution in [0.4, 0.5) is 0 Å². The average Bonchev–Trinajstić information content (AvgIpc) is 2.73. The van der Waals surface area contributed by atoms with Crippen molar-refractivity contribution in [3.8, 4) is 0 Å². The number of hydrogen-bond donors (Lipinski definition) is 1. The van der Waals surface area contributed by atoms with Crippen molar-refractivity contribution < 1.29 is 4.79 Å². The zero-order chi connectivity index (χ0) is 13.1. The van der Waals surface area contributed by atoms with Crippen LogP contribution in [0, 0.1) is 6.92 Å². The van der Waals surface area contributed by atoms with E-state index in [0.29, 0.717) is 0 Å². The molecule has 0 fully saturated rings. The number of carbonyl (C=O) groups excluding carboxylic acids is 1. The van der Waals surface area contributed by atoms with Crippen molar-refractivity contribution in [2.75, 3.05) is 0 Å². The summed E-state index contributed by atoms with van der Waals surface area (Å²) >= 11 is 0. The van der Waals surface area contributed by atoms with Gasteiger partial charge in [0.1, 0.15) is 11.9 Å². The number of hydrogen-bond acceptors (Lipinski definition) is 2. The second-order valence-electron chi connectivity index (χ2n) is 4.44. The summed E-state index contributed by atoms with van der Waals surface area (Å²) in [7, 11) is 1.92. The second kappa shape index (κ2) is 5.04. The molecule has 1 aromatic heterocycles. The van der Waals surface area contributed by atoms with Crippen LogP contribution in [0.1, 0.15) is 29.9 Å². The number of benzene rings is 1. The molecular formula is C14H17N3O. The highest BCUT2D eigenvalue weighted by Gasteiger charge is 2.18. The summed E-state index contributed by atoms with van der Waals surface area (Å²) in [5, 5.41) is 2.94. The van der Waals surface area contributed by atoms with Gasteiger partial charge in [-0.3, -0.25) is 4.79 Å². The van der Waals surface area contributed by atoms with Crippen molar-refractivity contribution in [1.29, 1.82) is 0 Å². The van der Waals surface area contributed by atoms with Gasteiger partial charge >= 0.3 is 0 Å². The molecule has 0 aliphatic heterocycles. The first kappa shape index (κ1) is 12.4. The maximum atomic E-state index is 11.4. The van der Waals surface area contributed by atoms with Crippen molar-refractivity contribution in [2.45, 2.75) is 19.9 Å². The molecule has 0 saturated carbocycles. The summed E-state index contributed by atoms with van der Waals surface area (Å²) in [5.74, 6) is 0.762. The molecule has 2 rings (SSSR count). The Hall–Kier alpha value is -2.10. The van der Waals surface area contributed by atoms with Crippen molar-refractivity contribution in [1.82, 2.24) is 14.9 Å². The normalized spacial score (nSPS) is 12.2. The summed E-state index contributed by atoms with van der Waals surface area (Å²) in [6.45, 7) is 3.56. The molecule has 0 bridgehead atoms. The Bertz CT molecular complexity index is 542. The van der Waals surface area contributed by atoms with E-state index in [4.69, 9.17) is 0 Å². The van der Waals surface area contributed by atoms with E-state index in [0.717, 1.165) is 11.4 Å². The Morgan fingerprint density at radius 3 is 2.50 bits per heavy atom. The van der Waals surface area contributed by atoms with Gasteiger partial charge in [0.2, 0.25) is 5.91 Å². The van der Waals surface area contributed by atoms with Gasteiger partial charge in [0, 0.05) is 26.4 Å². The minimum absolute atomic E-state index is 0.0661. The van der Waals surface area contributed by atoms with Gasteiger partial charge in [-0.05, 0) is 12.5 Å². The molecule has 2 aromatic rings. The molecular weight excluding hydrogens is 226 g/mol. The Kier molecular flexibility index (Phi) is 3.46. The first-order chi connectivity index (χ1) is 8.58. The molecule has 1 unspecified atom stereocenters. The number of carbonyl (C=O) groups is 1. The number of aryl methyl sites for hydroxylation is 2. The average molecular weight is 243 g/mol. The van der Waals surface area contributed by atoms with E-state index in [9.17, 15) is 4.79 Å². The first-order valence-corrected chi connectivity index (χ1v) is 5.89. The lowest BCUT2D eigenvalue weighted by atomic mass is 10.0. The third kappa shape index (κ3) is 2.59. The summed E-state index contributed by atoms with van der Waals surface area (Å²) in [6.07, 6.45) is 3.61. The van der Waals surface area contributed by atoms with Crippen molar-refractivity contribution in [3.63, 3.8) is 0 Å². The van der Waals surface area contributed by atoms with E-state index in [-0.39, 0.29) is 11.9 Å². The van der Waals surface area contributed by atoms with Gasteiger partial charge in [-0.1, -0.05) is 29.8 Å². The number of imidazole rings is 1. The lowest BCUT2D eigenvalue weighted by molar-refractivity contribution is -0.119. The minimum Gasteiger partial charge on any atom is -0.342 e. The molecule has 0 aliphatic carbocycles. The summed E-state index contributed by atoms with van der Waals surface area (Å²) < 4.78 is 1.92. The summed E-state index contributed by atoms with van der Waals surface area (Å²) in [6, 6.07) is 7.90. The van der Waals surface area contributed by atoms with E-state index >= 15 is 0 Å². The minimum atomic E-state index is -0.205. The third-order valence-electron chi connectivity index (χ3n) is 2.87. The standard InChI is InChI=1S/C14H17N3O/c1-10-4-6-12(7-5-10)13(16-11(2)18)14-15-8-9-17(14)3/h4-9,13H,1-3H3,(H,16,18). The van der Waals surface area contributed by atoms with Gasteiger partial charge < -0.3 is 9.88 Å². The fraction of sp³-hybridized carbons (Fsp3) is 0.286. The van der Waals surface area contributed by atoms with E-state index in [1.165, 1.54) is 12.5 Å². The number of rotatable bonds is 3. The molecule has 18 heavy (non-hydrogen) atoms. The molecule has 0 saturated heterocycles. The van der Waals surface area contributed by atoms with Crippen LogP contribution in [-0.2, 0) is 11.8 Å². The van der Waals surface area contributed by atoms with Crippen molar-refractivity contribution in [3.05, 3.63) is 53.6 Å². The predicted molar refractivity (Wildman–Crippen MR) is 70.0 cm³/mol. The van der Waals surface area contributed by atoms with Gasteiger partial charge in [-0.2, -0.15) is 0 Å². The Balaban J connectivity index is 2.39. The zero-order valence-electron chi connectivity index (χ0n) is 10.8. The number of amides is 1. The summed E-state index contributed by atoms with van der Waals surface area (Å²) in [4.78, 5) is 15.7. The number of aromatic nitrogens is 2.